The first-order valence-electron chi connectivity index (χ1n) is 10.9. The van der Waals surface area contributed by atoms with Crippen molar-refractivity contribution < 1.29 is 0 Å². The second-order valence-electron chi connectivity index (χ2n) is 7.60. The molecule has 36 heavy (non-hydrogen) atoms. The lowest BCUT2D eigenvalue weighted by Gasteiger charge is -2.08. The minimum atomic E-state index is 1.24. The molecule has 7 heterocycles. The van der Waals surface area contributed by atoms with Crippen LogP contribution in [0.15, 0.2) is 55.8 Å². The molecule has 0 unspecified atom stereocenters. The maximum absolute atomic E-state index is 2.44. The van der Waals surface area contributed by atoms with Gasteiger partial charge in [-0.1, -0.05) is 106 Å². The molecule has 0 saturated carbocycles. The van der Waals surface area contributed by atoms with Crippen LogP contribution in [0.1, 0.15) is 0 Å². The Balaban J connectivity index is 1.23. The van der Waals surface area contributed by atoms with Gasteiger partial charge in [-0.15, -0.1) is 70.6 Å². The van der Waals surface area contributed by atoms with Gasteiger partial charge >= 0.3 is 0 Å². The van der Waals surface area contributed by atoms with Crippen molar-refractivity contribution in [1.82, 2.24) is 0 Å². The molecule has 0 amide bonds. The highest BCUT2D eigenvalue weighted by atomic mass is 32.3. The summed E-state index contributed by atoms with van der Waals surface area (Å²) in [6.07, 6.45) is 0. The summed E-state index contributed by atoms with van der Waals surface area (Å²) in [5.74, 6) is 7.45. The summed E-state index contributed by atoms with van der Waals surface area (Å²) >= 11 is 28.6. The van der Waals surface area contributed by atoms with E-state index in [1.165, 1.54) is 88.6 Å². The third-order valence-electron chi connectivity index (χ3n) is 5.37. The van der Waals surface area contributed by atoms with E-state index in [1.54, 1.807) is 8.47 Å². The molecule has 0 atom stereocenters. The lowest BCUT2D eigenvalue weighted by molar-refractivity contribution is 1.18. The van der Waals surface area contributed by atoms with E-state index in [0.29, 0.717) is 0 Å². The Hall–Kier alpha value is 2.82. The van der Waals surface area contributed by atoms with Gasteiger partial charge in [-0.2, -0.15) is 0 Å². The van der Waals surface area contributed by atoms with E-state index in [-0.39, 0.29) is 0 Å². The molecule has 0 bridgehead atoms. The largest absolute Gasteiger partial charge is 0.116 e. The molecule has 8 rings (SSSR count). The molecule has 0 aromatic heterocycles. The van der Waals surface area contributed by atoms with Crippen LogP contribution in [-0.2, 0) is 0 Å². The lowest BCUT2D eigenvalue weighted by atomic mass is 10.3. The van der Waals surface area contributed by atoms with Crippen LogP contribution in [0, 0.1) is 0 Å². The molecule has 0 fully saturated rings. The highest BCUT2D eigenvalue weighted by Crippen LogP contribution is 2.66. The molecular formula is C22H14S14. The zero-order chi connectivity index (χ0) is 23.6. The van der Waals surface area contributed by atoms with Crippen LogP contribution in [0.5, 0.6) is 0 Å². The predicted octanol–water partition coefficient (Wildman–Crippen LogP) is 10.4. The number of benzene rings is 1. The maximum atomic E-state index is 2.44. The second-order valence-corrected chi connectivity index (χ2v) is 25.0. The van der Waals surface area contributed by atoms with Gasteiger partial charge in [0.2, 0.25) is 0 Å². The van der Waals surface area contributed by atoms with Gasteiger partial charge in [0.05, 0.1) is 42.4 Å². The molecular weight excluding hydrogens is 713 g/mol. The van der Waals surface area contributed by atoms with E-state index in [9.17, 15) is 0 Å². The Morgan fingerprint density at radius 3 is 0.917 bits per heavy atom. The van der Waals surface area contributed by atoms with Crippen molar-refractivity contribution in [3.63, 3.8) is 0 Å². The van der Waals surface area contributed by atoms with Crippen LogP contribution in [-0.4, -0.2) is 34.5 Å². The van der Waals surface area contributed by atoms with Gasteiger partial charge in [0.25, 0.3) is 0 Å². The van der Waals surface area contributed by atoms with Crippen LogP contribution < -0.4 is 10.4 Å². The van der Waals surface area contributed by atoms with E-state index in [4.69, 9.17) is 0 Å². The average molecular weight is 727 g/mol. The zero-order valence-corrected chi connectivity index (χ0v) is 29.5. The normalized spacial score (nSPS) is 25.8. The quantitative estimate of drug-likeness (QED) is 0.249. The number of hydrogen-bond acceptors (Lipinski definition) is 14. The number of hydrogen-bond donors (Lipinski definition) is 0. The summed E-state index contributed by atoms with van der Waals surface area (Å²) in [5.41, 5.74) is 0. The summed E-state index contributed by atoms with van der Waals surface area (Å²) in [4.78, 5) is 2.99. The molecule has 0 radical (unpaired) electrons. The Bertz CT molecular complexity index is 1300. The number of thioether (sulfide) groups is 14. The molecule has 14 heteroatoms. The van der Waals surface area contributed by atoms with Crippen molar-refractivity contribution in [3.05, 3.63) is 56.5 Å². The standard InChI is InChI=1S/C22H14S14/c1-2-10(14-33-17-18(34-14)26-6-5-25-17)12-11(9(1)13-31-15-16(32-13)24-4-3-23-15)29-21(30-12)22-35-19-20(36-22)28-8-7-27-19/h1-2H,3-8H2. The minimum Gasteiger partial charge on any atom is -0.116 e. The Morgan fingerprint density at radius 2 is 0.583 bits per heavy atom. The van der Waals surface area contributed by atoms with Crippen molar-refractivity contribution in [1.29, 1.82) is 0 Å². The van der Waals surface area contributed by atoms with E-state index >= 15 is 0 Å². The van der Waals surface area contributed by atoms with Crippen molar-refractivity contribution in [2.45, 2.75) is 9.79 Å². The van der Waals surface area contributed by atoms with Crippen LogP contribution in [0.2, 0.25) is 0 Å². The van der Waals surface area contributed by atoms with E-state index < -0.39 is 0 Å². The molecule has 0 aliphatic carbocycles. The van der Waals surface area contributed by atoms with Gasteiger partial charge in [0.15, 0.2) is 0 Å². The van der Waals surface area contributed by atoms with Gasteiger partial charge in [0, 0.05) is 54.7 Å². The smallest absolute Gasteiger partial charge is 0.0717 e. The van der Waals surface area contributed by atoms with Gasteiger partial charge < -0.3 is 0 Å². The molecule has 186 valence electrons. The minimum absolute atomic E-state index is 1.24. The Labute approximate surface area is 270 Å². The predicted molar refractivity (Wildman–Crippen MR) is 193 cm³/mol. The fraction of sp³-hybridized carbons (Fsp3) is 0.273. The lowest BCUT2D eigenvalue weighted by Crippen LogP contribution is -2.15. The highest BCUT2D eigenvalue weighted by Gasteiger charge is 2.34. The van der Waals surface area contributed by atoms with Gasteiger partial charge in [-0.3, -0.25) is 0 Å². The average Bonchev–Trinajstić information content (AvgIpc) is 3.70. The first-order valence-corrected chi connectivity index (χ1v) is 23.3. The monoisotopic (exact) mass is 726 g/mol. The molecule has 0 spiro atoms. The maximum Gasteiger partial charge on any atom is 0.0717 e. The fourth-order valence-corrected chi connectivity index (χ4v) is 25.1. The van der Waals surface area contributed by atoms with E-state index in [0.717, 1.165) is 0 Å². The van der Waals surface area contributed by atoms with Crippen LogP contribution in [0.4, 0.5) is 0 Å². The first kappa shape index (κ1) is 26.4. The third-order valence-corrected chi connectivity index (χ3v) is 26.0. The highest BCUT2D eigenvalue weighted by molar-refractivity contribution is 8.47. The van der Waals surface area contributed by atoms with E-state index in [1.807, 2.05) is 94.1 Å². The summed E-state index contributed by atoms with van der Waals surface area (Å²) < 4.78 is 15.2. The molecule has 7 aliphatic heterocycles. The SMILES string of the molecule is c1cc(=C2SC3=C(SCCS3)S2)c2c(c1=C1SC3=C(SCCS3)S1)SC(=C1SC3=C(SCCS3)S1)S2. The van der Waals surface area contributed by atoms with Gasteiger partial charge in [0.1, 0.15) is 0 Å². The van der Waals surface area contributed by atoms with Gasteiger partial charge in [-0.05, 0) is 0 Å². The summed E-state index contributed by atoms with van der Waals surface area (Å²) in [5, 5.41) is 2.91. The fourth-order valence-electron chi connectivity index (χ4n) is 3.83. The molecule has 0 nitrogen and oxygen atoms in total. The van der Waals surface area contributed by atoms with Crippen molar-refractivity contribution in [3.8, 4) is 0 Å². The van der Waals surface area contributed by atoms with Crippen molar-refractivity contribution in [2.24, 2.45) is 0 Å². The number of fused-ring (bicyclic) bond motifs is 1. The third kappa shape index (κ3) is 5.04. The zero-order valence-electron chi connectivity index (χ0n) is 18.1. The molecule has 1 aromatic carbocycles. The Kier molecular flexibility index (Phi) is 8.44. The van der Waals surface area contributed by atoms with Crippen molar-refractivity contribution >= 4 is 173 Å². The van der Waals surface area contributed by atoms with E-state index in [2.05, 4.69) is 82.7 Å². The first-order chi connectivity index (χ1) is 17.8. The summed E-state index contributed by atoms with van der Waals surface area (Å²) in [6.45, 7) is 0. The van der Waals surface area contributed by atoms with Crippen LogP contribution in [0.3, 0.4) is 0 Å². The van der Waals surface area contributed by atoms with Crippen LogP contribution >= 0.6 is 165 Å². The summed E-state index contributed by atoms with van der Waals surface area (Å²) in [6, 6.07) is 4.88. The van der Waals surface area contributed by atoms with Gasteiger partial charge in [-0.25, -0.2) is 0 Å². The molecule has 0 N–H and O–H groups in total. The Morgan fingerprint density at radius 1 is 0.306 bits per heavy atom. The number of rotatable bonds is 0. The summed E-state index contributed by atoms with van der Waals surface area (Å²) in [7, 11) is 0. The van der Waals surface area contributed by atoms with Crippen molar-refractivity contribution in [2.75, 3.05) is 34.5 Å². The molecule has 7 aliphatic rings. The molecule has 1 aromatic rings. The second kappa shape index (κ2) is 11.5. The van der Waals surface area contributed by atoms with Crippen LogP contribution in [0.25, 0.3) is 8.47 Å². The topological polar surface area (TPSA) is 0 Å². The molecule has 0 saturated heterocycles.